The van der Waals surface area contributed by atoms with Crippen molar-refractivity contribution in [1.29, 1.82) is 0 Å². The van der Waals surface area contributed by atoms with Crippen LogP contribution in [0.5, 0.6) is 0 Å². The summed E-state index contributed by atoms with van der Waals surface area (Å²) in [5, 5.41) is -0.283. The highest BCUT2D eigenvalue weighted by Gasteiger charge is 2.26. The van der Waals surface area contributed by atoms with E-state index in [4.69, 9.17) is 34.8 Å². The van der Waals surface area contributed by atoms with Gasteiger partial charge in [0.1, 0.15) is 0 Å². The first kappa shape index (κ1) is 9.22. The molecule has 0 aliphatic rings. The molecule has 0 aromatic rings. The second kappa shape index (κ2) is 3.40. The second-order valence-electron chi connectivity index (χ2n) is 1.46. The van der Waals surface area contributed by atoms with Crippen molar-refractivity contribution in [3.8, 4) is 0 Å². The summed E-state index contributed by atoms with van der Waals surface area (Å²) >= 11 is 20.4. The largest absolute Gasteiger partial charge is 0.176 e. The monoisotopic (exact) mass is 192 g/mol. The lowest BCUT2D eigenvalue weighted by Crippen LogP contribution is -2.17. The average Bonchev–Trinajstić information content (AvgIpc) is 1.62. The van der Waals surface area contributed by atoms with Gasteiger partial charge in [-0.25, -0.2) is 0 Å². The summed E-state index contributed by atoms with van der Waals surface area (Å²) in [7, 11) is 0. The molecule has 0 N–H and O–H groups in total. The first-order valence-electron chi connectivity index (χ1n) is 2.22. The van der Waals surface area contributed by atoms with Crippen molar-refractivity contribution in [2.75, 3.05) is 0 Å². The quantitative estimate of drug-likeness (QED) is 0.506. The Hall–Kier alpha value is 1.22. The topological polar surface area (TPSA) is 0 Å². The molecule has 4 heteroatoms. The molecule has 0 aliphatic carbocycles. The van der Waals surface area contributed by atoms with Gasteiger partial charge in [0.2, 0.25) is 0 Å². The summed E-state index contributed by atoms with van der Waals surface area (Å²) in [6.45, 7) is 1.90. The van der Waals surface area contributed by atoms with Crippen LogP contribution in [0.1, 0.15) is 13.3 Å². The number of rotatable bonds is 2. The molecule has 0 nitrogen and oxygen atoms in total. The number of halogens is 3. The highest BCUT2D eigenvalue weighted by Crippen LogP contribution is 2.34. The van der Waals surface area contributed by atoms with Crippen molar-refractivity contribution in [3.05, 3.63) is 0 Å². The third-order valence-electron chi connectivity index (χ3n) is 0.735. The number of hydrogen-bond acceptors (Lipinski definition) is 1. The van der Waals surface area contributed by atoms with Crippen molar-refractivity contribution in [2.24, 2.45) is 0 Å². The van der Waals surface area contributed by atoms with Crippen LogP contribution in [0, 0.1) is 0 Å². The van der Waals surface area contributed by atoms with Crippen LogP contribution < -0.4 is 0 Å². The van der Waals surface area contributed by atoms with Crippen LogP contribution in [0.4, 0.5) is 0 Å². The van der Waals surface area contributed by atoms with Gasteiger partial charge >= 0.3 is 0 Å². The predicted octanol–water partition coefficient (Wildman–Crippen LogP) is 3.07. The van der Waals surface area contributed by atoms with Gasteiger partial charge < -0.3 is 0 Å². The van der Waals surface area contributed by atoms with Crippen LogP contribution in [0.15, 0.2) is 0 Å². The van der Waals surface area contributed by atoms with Gasteiger partial charge in [0.25, 0.3) is 0 Å². The summed E-state index contributed by atoms with van der Waals surface area (Å²) < 4.78 is -1.09. The second-order valence-corrected chi connectivity index (χ2v) is 4.61. The van der Waals surface area contributed by atoms with E-state index in [1.54, 1.807) is 0 Å². The van der Waals surface area contributed by atoms with Crippen LogP contribution in [0.2, 0.25) is 0 Å². The molecule has 0 radical (unpaired) electrons. The molecule has 1 atom stereocenters. The van der Waals surface area contributed by atoms with E-state index < -0.39 is 3.67 Å². The Bertz CT molecular complexity index is 68.2. The first-order chi connectivity index (χ1) is 3.48. The molecule has 50 valence electrons. The molecular formula is C4H7Cl3S. The SMILES string of the molecule is CCC(Cl)C(S)(Cl)Cl. The summed E-state index contributed by atoms with van der Waals surface area (Å²) in [6.07, 6.45) is 0.720. The minimum Gasteiger partial charge on any atom is -0.139 e. The van der Waals surface area contributed by atoms with Crippen LogP contribution in [-0.2, 0) is 0 Å². The Balaban J connectivity index is 3.62. The van der Waals surface area contributed by atoms with Gasteiger partial charge in [0.05, 0.1) is 5.38 Å². The minimum atomic E-state index is -1.09. The Labute approximate surface area is 69.9 Å². The van der Waals surface area contributed by atoms with Gasteiger partial charge in [-0.3, -0.25) is 0 Å². The average molecular weight is 194 g/mol. The van der Waals surface area contributed by atoms with Crippen LogP contribution in [0.25, 0.3) is 0 Å². The van der Waals surface area contributed by atoms with E-state index in [1.165, 1.54) is 0 Å². The summed E-state index contributed by atoms with van der Waals surface area (Å²) in [5.74, 6) is 0. The molecule has 1 unspecified atom stereocenters. The van der Waals surface area contributed by atoms with Gasteiger partial charge in [-0.05, 0) is 6.42 Å². The lowest BCUT2D eigenvalue weighted by molar-refractivity contribution is 0.843. The fourth-order valence-corrected chi connectivity index (χ4v) is 0.737. The standard InChI is InChI=1S/C4H7Cl3S/c1-2-3(5)4(6,7)8/h3,8H,2H2,1H3. The van der Waals surface area contributed by atoms with Gasteiger partial charge in [-0.15, -0.1) is 24.2 Å². The molecule has 0 aliphatic heterocycles. The molecule has 0 amide bonds. The van der Waals surface area contributed by atoms with Gasteiger partial charge in [0, 0.05) is 0 Å². The molecular weight excluding hydrogens is 186 g/mol. The lowest BCUT2D eigenvalue weighted by Gasteiger charge is -2.16. The third kappa shape index (κ3) is 3.29. The van der Waals surface area contributed by atoms with Crippen molar-refractivity contribution in [2.45, 2.75) is 22.4 Å². The Morgan fingerprint density at radius 3 is 2.00 bits per heavy atom. The highest BCUT2D eigenvalue weighted by atomic mass is 35.5. The van der Waals surface area contributed by atoms with Gasteiger partial charge in [-0.2, -0.15) is 0 Å². The van der Waals surface area contributed by atoms with E-state index in [9.17, 15) is 0 Å². The number of hydrogen-bond donors (Lipinski definition) is 1. The van der Waals surface area contributed by atoms with Crippen molar-refractivity contribution in [1.82, 2.24) is 0 Å². The van der Waals surface area contributed by atoms with E-state index in [2.05, 4.69) is 12.6 Å². The van der Waals surface area contributed by atoms with E-state index in [-0.39, 0.29) is 5.38 Å². The fraction of sp³-hybridized carbons (Fsp3) is 1.00. The van der Waals surface area contributed by atoms with Crippen molar-refractivity contribution < 1.29 is 0 Å². The molecule has 0 bridgehead atoms. The van der Waals surface area contributed by atoms with Crippen LogP contribution >= 0.6 is 47.4 Å². The van der Waals surface area contributed by atoms with Crippen LogP contribution in [0.3, 0.4) is 0 Å². The molecule has 8 heavy (non-hydrogen) atoms. The Morgan fingerprint density at radius 2 is 2.00 bits per heavy atom. The molecule has 0 fully saturated rings. The maximum Gasteiger partial charge on any atom is 0.176 e. The minimum absolute atomic E-state index is 0.283. The van der Waals surface area contributed by atoms with E-state index in [0.29, 0.717) is 0 Å². The zero-order chi connectivity index (χ0) is 6.78. The zero-order valence-electron chi connectivity index (χ0n) is 4.37. The van der Waals surface area contributed by atoms with E-state index >= 15 is 0 Å². The van der Waals surface area contributed by atoms with E-state index in [0.717, 1.165) is 6.42 Å². The smallest absolute Gasteiger partial charge is 0.139 e. The van der Waals surface area contributed by atoms with Gasteiger partial charge in [-0.1, -0.05) is 30.1 Å². The molecule has 0 spiro atoms. The number of alkyl halides is 3. The zero-order valence-corrected chi connectivity index (χ0v) is 7.53. The maximum absolute atomic E-state index is 5.60. The van der Waals surface area contributed by atoms with Crippen LogP contribution in [-0.4, -0.2) is 9.04 Å². The molecule has 0 saturated carbocycles. The predicted molar refractivity (Wildman–Crippen MR) is 43.4 cm³/mol. The normalized spacial score (nSPS) is 16.1. The molecule has 0 heterocycles. The molecule has 0 rings (SSSR count). The Morgan fingerprint density at radius 1 is 1.62 bits per heavy atom. The fourth-order valence-electron chi connectivity index (χ4n) is 0.246. The first-order valence-corrected chi connectivity index (χ1v) is 3.86. The van der Waals surface area contributed by atoms with Crippen molar-refractivity contribution in [3.63, 3.8) is 0 Å². The lowest BCUT2D eigenvalue weighted by atomic mass is 10.4. The molecule has 0 aromatic heterocycles. The highest BCUT2D eigenvalue weighted by molar-refractivity contribution is 7.85. The maximum atomic E-state index is 5.60. The van der Waals surface area contributed by atoms with Gasteiger partial charge in [0.15, 0.2) is 3.67 Å². The molecule has 0 aromatic carbocycles. The molecule has 0 saturated heterocycles. The van der Waals surface area contributed by atoms with E-state index in [1.807, 2.05) is 6.92 Å². The summed E-state index contributed by atoms with van der Waals surface area (Å²) in [5.41, 5.74) is 0. The van der Waals surface area contributed by atoms with Crippen molar-refractivity contribution >= 4 is 47.4 Å². The summed E-state index contributed by atoms with van der Waals surface area (Å²) in [4.78, 5) is 0. The third-order valence-corrected chi connectivity index (χ3v) is 2.59. The number of thiol groups is 1. The Kier molecular flexibility index (Phi) is 3.92. The summed E-state index contributed by atoms with van der Waals surface area (Å²) in [6, 6.07) is 0.